The van der Waals surface area contributed by atoms with E-state index in [9.17, 15) is 0 Å². The summed E-state index contributed by atoms with van der Waals surface area (Å²) in [4.78, 5) is 4.33. The molecule has 3 aromatic rings. The minimum absolute atomic E-state index is 0.335. The highest BCUT2D eigenvalue weighted by Gasteiger charge is 2.46. The summed E-state index contributed by atoms with van der Waals surface area (Å²) in [5.74, 6) is 0. The highest BCUT2D eigenvalue weighted by Crippen LogP contribution is 2.57. The highest BCUT2D eigenvalue weighted by atomic mass is 14.8. The lowest BCUT2D eigenvalue weighted by Gasteiger charge is -2.34. The van der Waals surface area contributed by atoms with Gasteiger partial charge in [-0.3, -0.25) is 4.98 Å². The van der Waals surface area contributed by atoms with Gasteiger partial charge in [0.25, 0.3) is 0 Å². The Morgan fingerprint density at radius 2 is 1.69 bits per heavy atom. The van der Waals surface area contributed by atoms with Crippen LogP contribution in [0.2, 0.25) is 0 Å². The molecule has 0 radical (unpaired) electrons. The van der Waals surface area contributed by atoms with E-state index in [1.807, 2.05) is 40.2 Å². The summed E-state index contributed by atoms with van der Waals surface area (Å²) in [5.41, 5.74) is 9.41. The smallest absolute Gasteiger partial charge is 0.0506 e. The van der Waals surface area contributed by atoms with Crippen molar-refractivity contribution in [2.45, 2.75) is 46.0 Å². The molecule has 0 amide bonds. The molecule has 0 fully saturated rings. The van der Waals surface area contributed by atoms with Gasteiger partial charge < -0.3 is 5.32 Å². The Kier molecular flexibility index (Phi) is 9.03. The van der Waals surface area contributed by atoms with Gasteiger partial charge in [0.15, 0.2) is 0 Å². The van der Waals surface area contributed by atoms with Crippen molar-refractivity contribution in [1.82, 2.24) is 4.98 Å². The third-order valence-electron chi connectivity index (χ3n) is 6.48. The Bertz CT molecular complexity index is 1230. The predicted octanol–water partition coefficient (Wildman–Crippen LogP) is 8.97. The fourth-order valence-corrected chi connectivity index (χ4v) is 5.13. The molecule has 180 valence electrons. The average molecular weight is 463 g/mol. The van der Waals surface area contributed by atoms with Crippen molar-refractivity contribution in [3.63, 3.8) is 0 Å². The first kappa shape index (κ1) is 26.0. The minimum Gasteiger partial charge on any atom is -0.388 e. The van der Waals surface area contributed by atoms with E-state index in [0.717, 1.165) is 24.1 Å². The zero-order chi connectivity index (χ0) is 25.3. The van der Waals surface area contributed by atoms with E-state index in [1.165, 1.54) is 33.4 Å². The van der Waals surface area contributed by atoms with Crippen LogP contribution >= 0.6 is 0 Å². The summed E-state index contributed by atoms with van der Waals surface area (Å²) in [7, 11) is 1.99. The molecule has 2 nitrogen and oxygen atoms in total. The summed E-state index contributed by atoms with van der Waals surface area (Å²) in [6.07, 6.45) is 18.7. The second kappa shape index (κ2) is 12.2. The normalized spacial score (nSPS) is 16.3. The lowest BCUT2D eigenvalue weighted by molar-refractivity contribution is 0.642. The van der Waals surface area contributed by atoms with Crippen LogP contribution < -0.4 is 5.32 Å². The molecule has 1 N–H and O–H groups in total. The van der Waals surface area contributed by atoms with Gasteiger partial charge in [-0.1, -0.05) is 94.1 Å². The maximum absolute atomic E-state index is 4.48. The van der Waals surface area contributed by atoms with E-state index in [2.05, 4.69) is 109 Å². The van der Waals surface area contributed by atoms with E-state index in [1.54, 1.807) is 0 Å². The molecule has 0 saturated heterocycles. The molecule has 35 heavy (non-hydrogen) atoms. The number of hydrogen-bond acceptors (Lipinski definition) is 2. The largest absolute Gasteiger partial charge is 0.388 e. The fourth-order valence-electron chi connectivity index (χ4n) is 5.13. The third kappa shape index (κ3) is 4.79. The quantitative estimate of drug-likeness (QED) is 0.338. The van der Waals surface area contributed by atoms with Gasteiger partial charge in [-0.2, -0.15) is 0 Å². The molecular formula is C33H38N2. The van der Waals surface area contributed by atoms with Crippen LogP contribution in [0, 0.1) is 0 Å². The van der Waals surface area contributed by atoms with Gasteiger partial charge in [-0.05, 0) is 71.4 Å². The van der Waals surface area contributed by atoms with E-state index >= 15 is 0 Å². The third-order valence-corrected chi connectivity index (χ3v) is 6.48. The number of hydrogen-bond donors (Lipinski definition) is 1. The van der Waals surface area contributed by atoms with Crippen molar-refractivity contribution < 1.29 is 0 Å². The predicted molar refractivity (Wildman–Crippen MR) is 154 cm³/mol. The lowest BCUT2D eigenvalue weighted by atomic mass is 9.68. The SMILES string of the molecule is C=C(/C=C\C)c1c(NC)ccc2c1C(C/C=C\C=C/CC)(c1ccncc1)c1ccccc1-2.CC. The summed E-state index contributed by atoms with van der Waals surface area (Å²) < 4.78 is 0. The molecule has 2 heteroatoms. The second-order valence-corrected chi connectivity index (χ2v) is 8.34. The van der Waals surface area contributed by atoms with Crippen molar-refractivity contribution >= 4 is 11.3 Å². The Morgan fingerprint density at radius 1 is 0.971 bits per heavy atom. The number of fused-ring (bicyclic) bond motifs is 3. The van der Waals surface area contributed by atoms with Gasteiger partial charge >= 0.3 is 0 Å². The van der Waals surface area contributed by atoms with Crippen molar-refractivity contribution in [3.05, 3.63) is 126 Å². The minimum atomic E-state index is -0.335. The summed E-state index contributed by atoms with van der Waals surface area (Å²) in [6.45, 7) is 12.7. The van der Waals surface area contributed by atoms with Crippen LogP contribution in [0.4, 0.5) is 5.69 Å². The topological polar surface area (TPSA) is 24.9 Å². The number of pyridine rings is 1. The van der Waals surface area contributed by atoms with Gasteiger partial charge in [0.05, 0.1) is 5.41 Å². The lowest BCUT2D eigenvalue weighted by Crippen LogP contribution is -2.28. The standard InChI is InChI=1S/C31H32N2.C2H6/c1-5-7-8-9-12-20-31(24-18-21-33-22-19-24)27-15-11-10-14-25(27)26-16-17-28(32-4)29(30(26)31)23(3)13-6-2;1-2/h6-19,21-22,32H,3,5,20H2,1-2,4H3;1-2H3/b8-7-,12-9-,13-6-;. The first-order valence-corrected chi connectivity index (χ1v) is 12.7. The van der Waals surface area contributed by atoms with Crippen molar-refractivity contribution in [3.8, 4) is 11.1 Å². The Balaban J connectivity index is 0.00000167. The van der Waals surface area contributed by atoms with Gasteiger partial charge in [-0.25, -0.2) is 0 Å². The summed E-state index contributed by atoms with van der Waals surface area (Å²) >= 11 is 0. The monoisotopic (exact) mass is 462 g/mol. The summed E-state index contributed by atoms with van der Waals surface area (Å²) in [6, 6.07) is 17.6. The Morgan fingerprint density at radius 3 is 2.37 bits per heavy atom. The van der Waals surface area contributed by atoms with Crippen LogP contribution in [0.5, 0.6) is 0 Å². The van der Waals surface area contributed by atoms with Gasteiger partial charge in [0.2, 0.25) is 0 Å². The molecule has 1 aliphatic carbocycles. The molecule has 1 atom stereocenters. The van der Waals surface area contributed by atoms with E-state index in [4.69, 9.17) is 0 Å². The summed E-state index contributed by atoms with van der Waals surface area (Å²) in [5, 5.41) is 3.43. The van der Waals surface area contributed by atoms with Crippen LogP contribution in [-0.2, 0) is 5.41 Å². The number of nitrogens with zero attached hydrogens (tertiary/aromatic N) is 1. The zero-order valence-electron chi connectivity index (χ0n) is 21.8. The van der Waals surface area contributed by atoms with Crippen LogP contribution in [-0.4, -0.2) is 12.0 Å². The van der Waals surface area contributed by atoms with E-state index in [0.29, 0.717) is 0 Å². The van der Waals surface area contributed by atoms with Crippen LogP contribution in [0.15, 0.2) is 104 Å². The van der Waals surface area contributed by atoms with Crippen molar-refractivity contribution in [2.24, 2.45) is 0 Å². The molecule has 0 saturated carbocycles. The first-order valence-electron chi connectivity index (χ1n) is 12.7. The van der Waals surface area contributed by atoms with Gasteiger partial charge in [0.1, 0.15) is 0 Å². The number of benzene rings is 2. The van der Waals surface area contributed by atoms with Gasteiger partial charge in [0, 0.05) is 30.7 Å². The number of aromatic nitrogens is 1. The molecule has 1 aromatic heterocycles. The Labute approximate surface area is 211 Å². The number of allylic oxidation sites excluding steroid dienone is 7. The van der Waals surface area contributed by atoms with Gasteiger partial charge in [-0.15, -0.1) is 0 Å². The molecule has 1 unspecified atom stereocenters. The van der Waals surface area contributed by atoms with Crippen molar-refractivity contribution in [1.29, 1.82) is 0 Å². The maximum atomic E-state index is 4.48. The Hall–Kier alpha value is -3.65. The molecule has 2 aromatic carbocycles. The zero-order valence-corrected chi connectivity index (χ0v) is 21.8. The molecule has 1 heterocycles. The van der Waals surface area contributed by atoms with Crippen molar-refractivity contribution in [2.75, 3.05) is 12.4 Å². The molecule has 1 aliphatic rings. The highest BCUT2D eigenvalue weighted by molar-refractivity contribution is 5.94. The first-order chi connectivity index (χ1) is 17.2. The maximum Gasteiger partial charge on any atom is 0.0506 e. The van der Waals surface area contributed by atoms with E-state index in [-0.39, 0.29) is 5.41 Å². The molecule has 0 bridgehead atoms. The van der Waals surface area contributed by atoms with Crippen LogP contribution in [0.1, 0.15) is 62.8 Å². The molecule has 0 aliphatic heterocycles. The van der Waals surface area contributed by atoms with E-state index < -0.39 is 0 Å². The number of rotatable bonds is 8. The number of anilines is 1. The molecule has 4 rings (SSSR count). The van der Waals surface area contributed by atoms with Crippen LogP contribution in [0.3, 0.4) is 0 Å². The van der Waals surface area contributed by atoms with Crippen LogP contribution in [0.25, 0.3) is 16.7 Å². The average Bonchev–Trinajstić information content (AvgIpc) is 3.20. The molecule has 0 spiro atoms. The molecular weight excluding hydrogens is 424 g/mol. The number of nitrogens with one attached hydrogen (secondary N) is 1. The second-order valence-electron chi connectivity index (χ2n) is 8.34. The fraction of sp³-hybridized carbons (Fsp3) is 0.242.